The van der Waals surface area contributed by atoms with E-state index in [9.17, 15) is 0 Å². The minimum absolute atomic E-state index is 0.183. The molecule has 0 saturated carbocycles. The number of aromatic nitrogens is 2. The monoisotopic (exact) mass is 303 g/mol. The highest BCUT2D eigenvalue weighted by Crippen LogP contribution is 2.34. The standard InChI is InChI=1S/C16H21N3O3/c1-20-11-16(7-9-17-10-8-16)15-18-14(19-22-15)12-3-5-13(21-2)6-4-12/h3-6,17H,7-11H2,1-2H3. The van der Waals surface area contributed by atoms with E-state index in [0.717, 1.165) is 37.2 Å². The van der Waals surface area contributed by atoms with E-state index in [1.54, 1.807) is 14.2 Å². The Hall–Kier alpha value is -1.92. The molecule has 22 heavy (non-hydrogen) atoms. The second-order valence-corrected chi connectivity index (χ2v) is 5.61. The minimum atomic E-state index is -0.183. The second kappa shape index (κ2) is 6.46. The molecule has 1 aromatic heterocycles. The smallest absolute Gasteiger partial charge is 0.235 e. The Morgan fingerprint density at radius 1 is 1.18 bits per heavy atom. The van der Waals surface area contributed by atoms with Gasteiger partial charge in [0.15, 0.2) is 0 Å². The molecule has 0 aliphatic carbocycles. The first kappa shape index (κ1) is 15.0. The average molecular weight is 303 g/mol. The maximum absolute atomic E-state index is 5.57. The van der Waals surface area contributed by atoms with Crippen LogP contribution in [0.4, 0.5) is 0 Å². The number of benzene rings is 1. The van der Waals surface area contributed by atoms with E-state index in [-0.39, 0.29) is 5.41 Å². The van der Waals surface area contributed by atoms with Gasteiger partial charge in [-0.15, -0.1) is 0 Å². The third kappa shape index (κ3) is 2.84. The quantitative estimate of drug-likeness (QED) is 0.911. The van der Waals surface area contributed by atoms with Crippen LogP contribution in [0.15, 0.2) is 28.8 Å². The molecule has 6 heteroatoms. The van der Waals surface area contributed by atoms with Gasteiger partial charge >= 0.3 is 0 Å². The normalized spacial score (nSPS) is 17.4. The van der Waals surface area contributed by atoms with Gasteiger partial charge in [0.25, 0.3) is 0 Å². The van der Waals surface area contributed by atoms with Crippen LogP contribution in [0.5, 0.6) is 5.75 Å². The lowest BCUT2D eigenvalue weighted by Gasteiger charge is -2.33. The number of nitrogens with zero attached hydrogens (tertiary/aromatic N) is 2. The topological polar surface area (TPSA) is 69.4 Å². The summed E-state index contributed by atoms with van der Waals surface area (Å²) < 4.78 is 16.1. The van der Waals surface area contributed by atoms with Crippen molar-refractivity contribution in [3.8, 4) is 17.1 Å². The van der Waals surface area contributed by atoms with E-state index < -0.39 is 0 Å². The molecule has 0 radical (unpaired) electrons. The van der Waals surface area contributed by atoms with Crippen LogP contribution in [0, 0.1) is 0 Å². The molecule has 1 aliphatic rings. The van der Waals surface area contributed by atoms with Gasteiger partial charge in [-0.3, -0.25) is 0 Å². The lowest BCUT2D eigenvalue weighted by Crippen LogP contribution is -2.43. The van der Waals surface area contributed by atoms with Gasteiger partial charge in [-0.05, 0) is 50.2 Å². The van der Waals surface area contributed by atoms with Crippen LogP contribution >= 0.6 is 0 Å². The van der Waals surface area contributed by atoms with Crippen molar-refractivity contribution in [2.24, 2.45) is 0 Å². The zero-order valence-electron chi connectivity index (χ0n) is 13.0. The van der Waals surface area contributed by atoms with Crippen LogP contribution in [0.1, 0.15) is 18.7 Å². The van der Waals surface area contributed by atoms with Crippen molar-refractivity contribution in [2.45, 2.75) is 18.3 Å². The molecule has 0 spiro atoms. The van der Waals surface area contributed by atoms with Crippen LogP contribution in [-0.2, 0) is 10.2 Å². The van der Waals surface area contributed by atoms with E-state index in [1.165, 1.54) is 0 Å². The van der Waals surface area contributed by atoms with Crippen molar-refractivity contribution in [2.75, 3.05) is 33.9 Å². The highest BCUT2D eigenvalue weighted by molar-refractivity contribution is 5.55. The highest BCUT2D eigenvalue weighted by atomic mass is 16.5. The number of methoxy groups -OCH3 is 2. The van der Waals surface area contributed by atoms with Gasteiger partial charge in [0, 0.05) is 12.7 Å². The Balaban J connectivity index is 1.87. The fraction of sp³-hybridized carbons (Fsp3) is 0.500. The van der Waals surface area contributed by atoms with E-state index in [1.807, 2.05) is 24.3 Å². The number of hydrogen-bond acceptors (Lipinski definition) is 6. The second-order valence-electron chi connectivity index (χ2n) is 5.61. The summed E-state index contributed by atoms with van der Waals surface area (Å²) in [5.74, 6) is 2.08. The third-order valence-corrected chi connectivity index (χ3v) is 4.21. The molecule has 0 atom stereocenters. The van der Waals surface area contributed by atoms with Gasteiger partial charge in [0.05, 0.1) is 19.1 Å². The Morgan fingerprint density at radius 3 is 2.55 bits per heavy atom. The van der Waals surface area contributed by atoms with Crippen LogP contribution < -0.4 is 10.1 Å². The first-order valence-corrected chi connectivity index (χ1v) is 7.46. The molecule has 2 aromatic rings. The molecule has 1 N–H and O–H groups in total. The molecule has 6 nitrogen and oxygen atoms in total. The zero-order valence-corrected chi connectivity index (χ0v) is 13.0. The van der Waals surface area contributed by atoms with E-state index in [4.69, 9.17) is 14.0 Å². The molecule has 1 aromatic carbocycles. The van der Waals surface area contributed by atoms with Gasteiger partial charge in [0.2, 0.25) is 11.7 Å². The maximum Gasteiger partial charge on any atom is 0.235 e. The van der Waals surface area contributed by atoms with Crippen molar-refractivity contribution >= 4 is 0 Å². The Labute approximate surface area is 129 Å². The molecule has 3 rings (SSSR count). The summed E-state index contributed by atoms with van der Waals surface area (Å²) in [6.07, 6.45) is 1.87. The van der Waals surface area contributed by atoms with Gasteiger partial charge in [-0.2, -0.15) is 4.98 Å². The fourth-order valence-corrected chi connectivity index (χ4v) is 2.90. The van der Waals surface area contributed by atoms with Crippen molar-refractivity contribution in [1.82, 2.24) is 15.5 Å². The van der Waals surface area contributed by atoms with Crippen LogP contribution in [0.25, 0.3) is 11.4 Å². The predicted molar refractivity (Wildman–Crippen MR) is 81.9 cm³/mol. The lowest BCUT2D eigenvalue weighted by atomic mass is 9.79. The molecule has 0 amide bonds. The summed E-state index contributed by atoms with van der Waals surface area (Å²) in [7, 11) is 3.36. The summed E-state index contributed by atoms with van der Waals surface area (Å²) in [5.41, 5.74) is 0.731. The number of rotatable bonds is 5. The van der Waals surface area contributed by atoms with Crippen LogP contribution in [-0.4, -0.2) is 44.1 Å². The fourth-order valence-electron chi connectivity index (χ4n) is 2.90. The van der Waals surface area contributed by atoms with Crippen LogP contribution in [0.3, 0.4) is 0 Å². The van der Waals surface area contributed by atoms with E-state index in [2.05, 4.69) is 15.5 Å². The maximum atomic E-state index is 5.57. The molecule has 1 aliphatic heterocycles. The van der Waals surface area contributed by atoms with Gasteiger partial charge in [-0.25, -0.2) is 0 Å². The van der Waals surface area contributed by atoms with Gasteiger partial charge < -0.3 is 19.3 Å². The summed E-state index contributed by atoms with van der Waals surface area (Å²) >= 11 is 0. The minimum Gasteiger partial charge on any atom is -0.497 e. The average Bonchev–Trinajstić information content (AvgIpc) is 3.07. The molecule has 0 bridgehead atoms. The molecule has 2 heterocycles. The number of ether oxygens (including phenoxy) is 2. The molecule has 1 saturated heterocycles. The van der Waals surface area contributed by atoms with E-state index >= 15 is 0 Å². The van der Waals surface area contributed by atoms with Gasteiger partial charge in [0.1, 0.15) is 5.75 Å². The molecular weight excluding hydrogens is 282 g/mol. The first-order valence-electron chi connectivity index (χ1n) is 7.46. The Bertz CT molecular complexity index is 598. The molecule has 1 fully saturated rings. The van der Waals surface area contributed by atoms with Crippen molar-refractivity contribution in [1.29, 1.82) is 0 Å². The lowest BCUT2D eigenvalue weighted by molar-refractivity contribution is 0.0850. The number of nitrogens with one attached hydrogen (secondary N) is 1. The molecular formula is C16H21N3O3. The SMILES string of the molecule is COCC1(c2nc(-c3ccc(OC)cc3)no2)CCNCC1. The van der Waals surface area contributed by atoms with E-state index in [0.29, 0.717) is 18.3 Å². The van der Waals surface area contributed by atoms with Crippen LogP contribution in [0.2, 0.25) is 0 Å². The summed E-state index contributed by atoms with van der Waals surface area (Å²) in [6, 6.07) is 7.64. The Kier molecular flexibility index (Phi) is 4.40. The summed E-state index contributed by atoms with van der Waals surface area (Å²) in [5, 5.41) is 7.50. The molecule has 118 valence electrons. The number of hydrogen-bond donors (Lipinski definition) is 1. The molecule has 0 unspecified atom stereocenters. The number of piperidine rings is 1. The highest BCUT2D eigenvalue weighted by Gasteiger charge is 2.39. The van der Waals surface area contributed by atoms with Crippen molar-refractivity contribution in [3.05, 3.63) is 30.2 Å². The van der Waals surface area contributed by atoms with Crippen molar-refractivity contribution < 1.29 is 14.0 Å². The third-order valence-electron chi connectivity index (χ3n) is 4.21. The first-order chi connectivity index (χ1) is 10.8. The van der Waals surface area contributed by atoms with Crippen molar-refractivity contribution in [3.63, 3.8) is 0 Å². The predicted octanol–water partition coefficient (Wildman–Crippen LogP) is 2.01. The summed E-state index contributed by atoms with van der Waals surface area (Å²) in [6.45, 7) is 2.46. The summed E-state index contributed by atoms with van der Waals surface area (Å²) in [4.78, 5) is 4.62. The Morgan fingerprint density at radius 2 is 1.91 bits per heavy atom. The largest absolute Gasteiger partial charge is 0.497 e. The zero-order chi connectivity index (χ0) is 15.4. The van der Waals surface area contributed by atoms with Gasteiger partial charge in [-0.1, -0.05) is 5.16 Å².